The van der Waals surface area contributed by atoms with Crippen molar-refractivity contribution in [2.75, 3.05) is 13.7 Å². The molecule has 0 bridgehead atoms. The minimum Gasteiger partial charge on any atom is -0.379 e. The van der Waals surface area contributed by atoms with Gasteiger partial charge in [-0.2, -0.15) is 5.10 Å². The van der Waals surface area contributed by atoms with Gasteiger partial charge in [-0.05, 0) is 34.3 Å². The molecule has 0 aliphatic heterocycles. The second-order valence-corrected chi connectivity index (χ2v) is 7.37. The van der Waals surface area contributed by atoms with Crippen LogP contribution in [0.4, 0.5) is 0 Å². The molecule has 21 heavy (non-hydrogen) atoms. The number of methoxy groups -OCH3 is 1. The zero-order valence-corrected chi connectivity index (χ0v) is 16.0. The third-order valence-corrected chi connectivity index (χ3v) is 4.77. The number of nitrogens with one attached hydrogen (secondary N) is 1. The van der Waals surface area contributed by atoms with E-state index in [4.69, 9.17) is 4.74 Å². The standard InChI is InChI=1S/C16H30BrN3O/c1-8-11-14(17)13(20(6)19-11)10-12(18-9-2)15(21-7)16(3,4)5/h12,15,18H,8-10H2,1-7H3. The molecule has 1 aromatic rings. The Labute approximate surface area is 137 Å². The Balaban J connectivity index is 3.06. The van der Waals surface area contributed by atoms with Crippen LogP contribution in [0.2, 0.25) is 0 Å². The van der Waals surface area contributed by atoms with Crippen molar-refractivity contribution in [1.29, 1.82) is 0 Å². The third-order valence-electron chi connectivity index (χ3n) is 3.86. The molecule has 0 radical (unpaired) electrons. The highest BCUT2D eigenvalue weighted by Gasteiger charge is 2.33. The van der Waals surface area contributed by atoms with Crippen LogP contribution in [0, 0.1) is 5.41 Å². The minimum atomic E-state index is 0.0836. The predicted octanol–water partition coefficient (Wildman–Crippen LogP) is 3.33. The SMILES string of the molecule is CCNC(Cc1c(Br)c(CC)nn1C)C(OC)C(C)(C)C. The second-order valence-electron chi connectivity index (χ2n) is 6.58. The molecule has 2 unspecified atom stereocenters. The van der Waals surface area contributed by atoms with Crippen LogP contribution in [0.15, 0.2) is 4.47 Å². The minimum absolute atomic E-state index is 0.0836. The molecule has 0 aromatic carbocycles. The van der Waals surface area contributed by atoms with Gasteiger partial charge in [-0.3, -0.25) is 4.68 Å². The van der Waals surface area contributed by atoms with Gasteiger partial charge in [0.05, 0.1) is 22.0 Å². The van der Waals surface area contributed by atoms with Gasteiger partial charge in [0.2, 0.25) is 0 Å². The summed E-state index contributed by atoms with van der Waals surface area (Å²) in [5.74, 6) is 0. The molecule has 5 heteroatoms. The van der Waals surface area contributed by atoms with Gasteiger partial charge in [-0.1, -0.05) is 34.6 Å². The zero-order valence-electron chi connectivity index (χ0n) is 14.5. The maximum atomic E-state index is 5.81. The highest BCUT2D eigenvalue weighted by atomic mass is 79.9. The molecule has 0 saturated heterocycles. The summed E-state index contributed by atoms with van der Waals surface area (Å²) in [4.78, 5) is 0. The first-order valence-electron chi connectivity index (χ1n) is 7.72. The van der Waals surface area contributed by atoms with Gasteiger partial charge in [0.25, 0.3) is 0 Å². The van der Waals surface area contributed by atoms with Crippen LogP contribution in [-0.4, -0.2) is 35.6 Å². The summed E-state index contributed by atoms with van der Waals surface area (Å²) in [6.45, 7) is 11.9. The Morgan fingerprint density at radius 1 is 1.33 bits per heavy atom. The Bertz CT molecular complexity index is 451. The second kappa shape index (κ2) is 7.75. The molecule has 0 saturated carbocycles. The Morgan fingerprint density at radius 2 is 1.95 bits per heavy atom. The lowest BCUT2D eigenvalue weighted by Crippen LogP contribution is -2.49. The predicted molar refractivity (Wildman–Crippen MR) is 91.7 cm³/mol. The number of nitrogens with zero attached hydrogens (tertiary/aromatic N) is 2. The number of ether oxygens (including phenoxy) is 1. The molecule has 0 aliphatic rings. The van der Waals surface area contributed by atoms with Crippen LogP contribution in [0.1, 0.15) is 46.0 Å². The Kier molecular flexibility index (Phi) is 6.88. The average molecular weight is 360 g/mol. The zero-order chi connectivity index (χ0) is 16.2. The van der Waals surface area contributed by atoms with E-state index in [0.29, 0.717) is 0 Å². The number of hydrogen-bond donors (Lipinski definition) is 1. The summed E-state index contributed by atoms with van der Waals surface area (Å²) in [7, 11) is 3.82. The first kappa shape index (κ1) is 18.7. The maximum absolute atomic E-state index is 5.81. The van der Waals surface area contributed by atoms with Crippen molar-refractivity contribution in [2.24, 2.45) is 12.5 Å². The van der Waals surface area contributed by atoms with Gasteiger partial charge >= 0.3 is 0 Å². The molecule has 0 aliphatic carbocycles. The van der Waals surface area contributed by atoms with Crippen LogP contribution in [-0.2, 0) is 24.6 Å². The van der Waals surface area contributed by atoms with Crippen molar-refractivity contribution >= 4 is 15.9 Å². The third kappa shape index (κ3) is 4.54. The van der Waals surface area contributed by atoms with Crippen molar-refractivity contribution in [1.82, 2.24) is 15.1 Å². The largest absolute Gasteiger partial charge is 0.379 e. The van der Waals surface area contributed by atoms with Crippen LogP contribution in [0.25, 0.3) is 0 Å². The summed E-state index contributed by atoms with van der Waals surface area (Å²) in [5, 5.41) is 8.17. The fraction of sp³-hybridized carbons (Fsp3) is 0.812. The number of aromatic nitrogens is 2. The van der Waals surface area contributed by atoms with Crippen LogP contribution >= 0.6 is 15.9 Å². The summed E-state index contributed by atoms with van der Waals surface area (Å²) in [5.41, 5.74) is 2.43. The molecular formula is C16H30BrN3O. The van der Waals surface area contributed by atoms with Crippen molar-refractivity contribution in [3.05, 3.63) is 15.9 Å². The Morgan fingerprint density at radius 3 is 2.33 bits per heavy atom. The maximum Gasteiger partial charge on any atom is 0.0776 e. The van der Waals surface area contributed by atoms with E-state index in [1.165, 1.54) is 5.69 Å². The van der Waals surface area contributed by atoms with Gasteiger partial charge < -0.3 is 10.1 Å². The van der Waals surface area contributed by atoms with E-state index in [0.717, 1.165) is 29.6 Å². The van der Waals surface area contributed by atoms with E-state index in [-0.39, 0.29) is 17.6 Å². The lowest BCUT2D eigenvalue weighted by atomic mass is 9.83. The molecular weight excluding hydrogens is 330 g/mol. The number of likely N-dealkylation sites (N-methyl/N-ethyl adjacent to an activating group) is 1. The number of hydrogen-bond acceptors (Lipinski definition) is 3. The van der Waals surface area contributed by atoms with Crippen molar-refractivity contribution in [2.45, 2.75) is 59.6 Å². The quantitative estimate of drug-likeness (QED) is 0.811. The van der Waals surface area contributed by atoms with Gasteiger partial charge in [0.1, 0.15) is 0 Å². The van der Waals surface area contributed by atoms with E-state index in [1.54, 1.807) is 7.11 Å². The van der Waals surface area contributed by atoms with Crippen LogP contribution in [0.3, 0.4) is 0 Å². The molecule has 0 spiro atoms. The smallest absolute Gasteiger partial charge is 0.0776 e. The fourth-order valence-corrected chi connectivity index (χ4v) is 3.70. The topological polar surface area (TPSA) is 39.1 Å². The lowest BCUT2D eigenvalue weighted by Gasteiger charge is -2.36. The Hall–Kier alpha value is -0.390. The molecule has 1 N–H and O–H groups in total. The summed E-state index contributed by atoms with van der Waals surface area (Å²) in [6, 6.07) is 0.261. The molecule has 4 nitrogen and oxygen atoms in total. The van der Waals surface area contributed by atoms with Gasteiger partial charge in [0, 0.05) is 26.6 Å². The average Bonchev–Trinajstić information content (AvgIpc) is 2.65. The first-order chi connectivity index (χ1) is 9.76. The van der Waals surface area contributed by atoms with Crippen molar-refractivity contribution in [3.63, 3.8) is 0 Å². The summed E-state index contributed by atoms with van der Waals surface area (Å²) < 4.78 is 8.93. The molecule has 1 heterocycles. The normalized spacial score (nSPS) is 15.2. The molecule has 1 rings (SSSR count). The first-order valence-corrected chi connectivity index (χ1v) is 8.51. The van der Waals surface area contributed by atoms with E-state index in [9.17, 15) is 0 Å². The summed E-state index contributed by atoms with van der Waals surface area (Å²) in [6.07, 6.45) is 1.98. The van der Waals surface area contributed by atoms with Gasteiger partial charge in [0.15, 0.2) is 0 Å². The van der Waals surface area contributed by atoms with Gasteiger partial charge in [-0.25, -0.2) is 0 Å². The lowest BCUT2D eigenvalue weighted by molar-refractivity contribution is -0.0110. The fourth-order valence-electron chi connectivity index (χ4n) is 2.92. The highest BCUT2D eigenvalue weighted by Crippen LogP contribution is 2.29. The molecule has 2 atom stereocenters. The highest BCUT2D eigenvalue weighted by molar-refractivity contribution is 9.10. The van der Waals surface area contributed by atoms with Crippen molar-refractivity contribution in [3.8, 4) is 0 Å². The number of rotatable bonds is 7. The van der Waals surface area contributed by atoms with Crippen molar-refractivity contribution < 1.29 is 4.74 Å². The van der Waals surface area contributed by atoms with E-state index in [1.807, 2.05) is 11.7 Å². The van der Waals surface area contributed by atoms with E-state index >= 15 is 0 Å². The monoisotopic (exact) mass is 359 g/mol. The number of aryl methyl sites for hydroxylation is 2. The van der Waals surface area contributed by atoms with E-state index in [2.05, 4.69) is 61.0 Å². The number of halogens is 1. The van der Waals surface area contributed by atoms with Crippen LogP contribution in [0.5, 0.6) is 0 Å². The summed E-state index contributed by atoms with van der Waals surface area (Å²) >= 11 is 3.71. The molecule has 0 fully saturated rings. The molecule has 1 aromatic heterocycles. The van der Waals surface area contributed by atoms with Gasteiger partial charge in [-0.15, -0.1) is 0 Å². The molecule has 122 valence electrons. The van der Waals surface area contributed by atoms with Crippen LogP contribution < -0.4 is 5.32 Å². The molecule has 0 amide bonds. The van der Waals surface area contributed by atoms with E-state index < -0.39 is 0 Å².